The van der Waals surface area contributed by atoms with Crippen LogP contribution in [-0.2, 0) is 16.0 Å². The Morgan fingerprint density at radius 1 is 1.33 bits per heavy atom. The molecule has 1 aliphatic heterocycles. The molecule has 0 fully saturated rings. The highest BCUT2D eigenvalue weighted by Crippen LogP contribution is 2.36. The molecule has 0 unspecified atom stereocenters. The minimum atomic E-state index is -0.0783. The van der Waals surface area contributed by atoms with Crippen molar-refractivity contribution in [3.63, 3.8) is 0 Å². The zero-order chi connectivity index (χ0) is 13.4. The summed E-state index contributed by atoms with van der Waals surface area (Å²) in [6.45, 7) is 5.50. The summed E-state index contributed by atoms with van der Waals surface area (Å²) < 4.78 is 0. The van der Waals surface area contributed by atoms with Crippen LogP contribution in [0.3, 0.4) is 0 Å². The van der Waals surface area contributed by atoms with Crippen LogP contribution in [0.25, 0.3) is 0 Å². The minimum absolute atomic E-state index is 0.0783. The fourth-order valence-electron chi connectivity index (χ4n) is 2.38. The van der Waals surface area contributed by atoms with Crippen LogP contribution < -0.4 is 10.2 Å². The van der Waals surface area contributed by atoms with Gasteiger partial charge in [-0.2, -0.15) is 0 Å². The molecule has 1 aromatic rings. The van der Waals surface area contributed by atoms with Gasteiger partial charge in [0.1, 0.15) is 0 Å². The molecule has 0 saturated carbocycles. The average molecular weight is 246 g/mol. The van der Waals surface area contributed by atoms with Gasteiger partial charge >= 0.3 is 0 Å². The normalized spacial score (nSPS) is 14.4. The smallest absolute Gasteiger partial charge is 0.227 e. The number of benzene rings is 1. The van der Waals surface area contributed by atoms with Gasteiger partial charge in [-0.05, 0) is 37.5 Å². The molecule has 1 N–H and O–H groups in total. The lowest BCUT2D eigenvalue weighted by Crippen LogP contribution is -2.32. The third-order valence-corrected chi connectivity index (χ3v) is 3.56. The summed E-state index contributed by atoms with van der Waals surface area (Å²) >= 11 is 0. The van der Waals surface area contributed by atoms with E-state index in [4.69, 9.17) is 0 Å². The van der Waals surface area contributed by atoms with Crippen LogP contribution >= 0.6 is 0 Å². The molecule has 0 saturated heterocycles. The van der Waals surface area contributed by atoms with Crippen molar-refractivity contribution in [1.82, 2.24) is 0 Å². The van der Waals surface area contributed by atoms with Crippen LogP contribution in [0.2, 0.25) is 0 Å². The third kappa shape index (κ3) is 1.98. The molecule has 0 aromatic heterocycles. The molecule has 0 bridgehead atoms. The molecule has 18 heavy (non-hydrogen) atoms. The van der Waals surface area contributed by atoms with Crippen molar-refractivity contribution in [2.75, 3.05) is 17.3 Å². The highest BCUT2D eigenvalue weighted by atomic mass is 16.2. The fraction of sp³-hybridized carbons (Fsp3) is 0.429. The first-order valence-corrected chi connectivity index (χ1v) is 6.09. The maximum atomic E-state index is 11.7. The molecule has 0 spiro atoms. The number of nitrogens with one attached hydrogen (secondary N) is 1. The highest BCUT2D eigenvalue weighted by molar-refractivity contribution is 6.00. The Balaban J connectivity index is 2.62. The van der Waals surface area contributed by atoms with E-state index in [-0.39, 0.29) is 11.8 Å². The Hall–Kier alpha value is -1.84. The maximum Gasteiger partial charge on any atom is 0.227 e. The Morgan fingerprint density at radius 3 is 2.61 bits per heavy atom. The molecule has 96 valence electrons. The van der Waals surface area contributed by atoms with Crippen LogP contribution in [0.5, 0.6) is 0 Å². The van der Waals surface area contributed by atoms with E-state index in [2.05, 4.69) is 5.32 Å². The van der Waals surface area contributed by atoms with Gasteiger partial charge in [0, 0.05) is 37.3 Å². The number of aryl methyl sites for hydroxylation is 1. The van der Waals surface area contributed by atoms with E-state index < -0.39 is 0 Å². The van der Waals surface area contributed by atoms with Crippen LogP contribution in [0, 0.1) is 13.8 Å². The molecule has 0 aliphatic carbocycles. The number of amides is 2. The largest absolute Gasteiger partial charge is 0.326 e. The Labute approximate surface area is 107 Å². The lowest BCUT2D eigenvalue weighted by molar-refractivity contribution is -0.118. The molecule has 0 atom stereocenters. The number of carbonyl (C=O) groups excluding carboxylic acids is 2. The number of carbonyl (C=O) groups is 2. The molecule has 1 aliphatic rings. The summed E-state index contributed by atoms with van der Waals surface area (Å²) in [7, 11) is 1.78. The van der Waals surface area contributed by atoms with Crippen LogP contribution in [0.1, 0.15) is 30.0 Å². The van der Waals surface area contributed by atoms with E-state index in [1.54, 1.807) is 11.9 Å². The summed E-state index contributed by atoms with van der Waals surface area (Å²) in [5.74, 6) is 0.0463. The van der Waals surface area contributed by atoms with Crippen LogP contribution in [0.4, 0.5) is 11.4 Å². The van der Waals surface area contributed by atoms with E-state index in [0.717, 1.165) is 28.1 Å². The summed E-state index contributed by atoms with van der Waals surface area (Å²) in [5, 5.41) is 2.90. The zero-order valence-corrected chi connectivity index (χ0v) is 11.3. The van der Waals surface area contributed by atoms with E-state index >= 15 is 0 Å². The first-order valence-electron chi connectivity index (χ1n) is 6.09. The zero-order valence-electron chi connectivity index (χ0n) is 11.3. The van der Waals surface area contributed by atoms with Gasteiger partial charge in [-0.3, -0.25) is 9.59 Å². The number of rotatable bonds is 1. The van der Waals surface area contributed by atoms with E-state index in [1.165, 1.54) is 6.92 Å². The van der Waals surface area contributed by atoms with Gasteiger partial charge in [0.25, 0.3) is 0 Å². The Morgan fingerprint density at radius 2 is 2.00 bits per heavy atom. The SMILES string of the molecule is CC(=O)Nc1c(C)c(C)cc2c1CCC(=O)N2C. The quantitative estimate of drug-likeness (QED) is 0.825. The van der Waals surface area contributed by atoms with Crippen molar-refractivity contribution < 1.29 is 9.59 Å². The maximum absolute atomic E-state index is 11.7. The topological polar surface area (TPSA) is 49.4 Å². The number of nitrogens with zero attached hydrogens (tertiary/aromatic N) is 1. The van der Waals surface area contributed by atoms with Gasteiger partial charge in [-0.1, -0.05) is 0 Å². The highest BCUT2D eigenvalue weighted by Gasteiger charge is 2.25. The van der Waals surface area contributed by atoms with E-state index in [1.807, 2.05) is 19.9 Å². The second-order valence-electron chi connectivity index (χ2n) is 4.83. The van der Waals surface area contributed by atoms with Crippen molar-refractivity contribution >= 4 is 23.2 Å². The summed E-state index contributed by atoms with van der Waals surface area (Å²) in [6.07, 6.45) is 1.19. The number of anilines is 2. The average Bonchev–Trinajstić information content (AvgIpc) is 2.30. The summed E-state index contributed by atoms with van der Waals surface area (Å²) in [6, 6.07) is 2.02. The first kappa shape index (κ1) is 12.6. The molecule has 0 radical (unpaired) electrons. The standard InChI is InChI=1S/C14H18N2O2/c1-8-7-12-11(5-6-13(18)16(12)4)14(9(8)2)15-10(3)17/h7H,5-6H2,1-4H3,(H,15,17). The lowest BCUT2D eigenvalue weighted by Gasteiger charge is -2.29. The molecule has 2 amide bonds. The Kier molecular flexibility index (Phi) is 3.11. The molecule has 1 heterocycles. The molecule has 2 rings (SSSR count). The molecular formula is C14H18N2O2. The van der Waals surface area contributed by atoms with Crippen molar-refractivity contribution in [2.45, 2.75) is 33.6 Å². The third-order valence-electron chi connectivity index (χ3n) is 3.56. The van der Waals surface area contributed by atoms with Gasteiger partial charge in [-0.25, -0.2) is 0 Å². The summed E-state index contributed by atoms with van der Waals surface area (Å²) in [4.78, 5) is 24.7. The number of fused-ring (bicyclic) bond motifs is 1. The monoisotopic (exact) mass is 246 g/mol. The second-order valence-corrected chi connectivity index (χ2v) is 4.83. The second kappa shape index (κ2) is 4.44. The van der Waals surface area contributed by atoms with Gasteiger partial charge < -0.3 is 10.2 Å². The van der Waals surface area contributed by atoms with Crippen molar-refractivity contribution in [1.29, 1.82) is 0 Å². The predicted octanol–water partition coefficient (Wildman–Crippen LogP) is 2.17. The Bertz CT molecular complexity index is 535. The molecule has 4 heteroatoms. The van der Waals surface area contributed by atoms with Crippen LogP contribution in [0.15, 0.2) is 6.07 Å². The predicted molar refractivity (Wildman–Crippen MR) is 72.0 cm³/mol. The van der Waals surface area contributed by atoms with Crippen LogP contribution in [-0.4, -0.2) is 18.9 Å². The summed E-state index contributed by atoms with van der Waals surface area (Å²) in [5.41, 5.74) is 5.01. The number of hydrogen-bond donors (Lipinski definition) is 1. The van der Waals surface area contributed by atoms with Gasteiger partial charge in [0.05, 0.1) is 0 Å². The van der Waals surface area contributed by atoms with Crippen molar-refractivity contribution in [3.8, 4) is 0 Å². The van der Waals surface area contributed by atoms with E-state index in [0.29, 0.717) is 12.8 Å². The van der Waals surface area contributed by atoms with Gasteiger partial charge in [0.15, 0.2) is 0 Å². The molecule has 1 aromatic carbocycles. The fourth-order valence-corrected chi connectivity index (χ4v) is 2.38. The number of hydrogen-bond acceptors (Lipinski definition) is 2. The molecular weight excluding hydrogens is 228 g/mol. The van der Waals surface area contributed by atoms with Gasteiger partial charge in [0.2, 0.25) is 11.8 Å². The lowest BCUT2D eigenvalue weighted by atomic mass is 9.93. The van der Waals surface area contributed by atoms with Crippen molar-refractivity contribution in [3.05, 3.63) is 22.8 Å². The van der Waals surface area contributed by atoms with Gasteiger partial charge in [-0.15, -0.1) is 0 Å². The molecule has 4 nitrogen and oxygen atoms in total. The van der Waals surface area contributed by atoms with E-state index in [9.17, 15) is 9.59 Å². The van der Waals surface area contributed by atoms with Crippen molar-refractivity contribution in [2.24, 2.45) is 0 Å². The first-order chi connectivity index (χ1) is 8.41. The minimum Gasteiger partial charge on any atom is -0.326 e.